The standard InChI is InChI=1S/C57H44BN3O2S/c1-56(2,3)32-20-23-34(24-21-32)59-41-29-47-37(35-16-10-12-18-45(35)62-47)27-38(41)49-50-36-17-11-13-19-46(36)63-54(50)51-39-26-33(57(4,5)6)22-25-43(39)61-44-30-48-42(28-40(44)58-52(49)53(51)61)60-55(64-48)31-14-8-7-9-15-31/h7-30,58-59H,1-6H3. The van der Waals surface area contributed by atoms with E-state index >= 15 is 0 Å². The van der Waals surface area contributed by atoms with Crippen molar-refractivity contribution in [3.63, 3.8) is 0 Å². The van der Waals surface area contributed by atoms with Crippen LogP contribution >= 0.6 is 11.3 Å². The molecule has 1 aliphatic rings. The molecule has 0 aliphatic carbocycles. The highest BCUT2D eigenvalue weighted by Crippen LogP contribution is 2.49. The third-order valence-corrected chi connectivity index (χ3v) is 14.6. The molecule has 0 bridgehead atoms. The second kappa shape index (κ2) is 13.2. The summed E-state index contributed by atoms with van der Waals surface area (Å²) in [5, 5.41) is 11.7. The highest BCUT2D eigenvalue weighted by Gasteiger charge is 2.33. The van der Waals surface area contributed by atoms with Crippen molar-refractivity contribution < 1.29 is 8.83 Å². The number of hydrogen-bond donors (Lipinski definition) is 1. The molecule has 0 amide bonds. The van der Waals surface area contributed by atoms with E-state index in [4.69, 9.17) is 13.8 Å². The minimum Gasteiger partial charge on any atom is -0.456 e. The van der Waals surface area contributed by atoms with Crippen LogP contribution in [0.15, 0.2) is 154 Å². The summed E-state index contributed by atoms with van der Waals surface area (Å²) in [6, 6.07) is 52.8. The van der Waals surface area contributed by atoms with Crippen LogP contribution in [0, 0.1) is 0 Å². The molecule has 0 radical (unpaired) electrons. The van der Waals surface area contributed by atoms with Crippen LogP contribution in [0.4, 0.5) is 11.4 Å². The summed E-state index contributed by atoms with van der Waals surface area (Å²) in [5.41, 5.74) is 18.6. The molecular formula is C57H44BN3O2S. The van der Waals surface area contributed by atoms with Crippen molar-refractivity contribution in [2.45, 2.75) is 52.4 Å². The van der Waals surface area contributed by atoms with Gasteiger partial charge in [0.2, 0.25) is 0 Å². The lowest BCUT2D eigenvalue weighted by atomic mass is 9.58. The predicted octanol–water partition coefficient (Wildman–Crippen LogP) is 14.6. The van der Waals surface area contributed by atoms with Gasteiger partial charge < -0.3 is 18.7 Å². The van der Waals surface area contributed by atoms with Gasteiger partial charge in [0.25, 0.3) is 0 Å². The molecule has 4 aromatic heterocycles. The van der Waals surface area contributed by atoms with E-state index in [2.05, 4.69) is 191 Å². The number of rotatable bonds is 4. The van der Waals surface area contributed by atoms with Crippen molar-refractivity contribution in [2.24, 2.45) is 0 Å². The van der Waals surface area contributed by atoms with Gasteiger partial charge in [0.05, 0.1) is 32.3 Å². The molecule has 0 spiro atoms. The number of nitrogens with one attached hydrogen (secondary N) is 1. The molecule has 12 aromatic rings. The van der Waals surface area contributed by atoms with E-state index in [1.54, 1.807) is 11.3 Å². The Balaban J connectivity index is 1.18. The molecule has 0 unspecified atom stereocenters. The molecule has 0 saturated heterocycles. The lowest BCUT2D eigenvalue weighted by molar-refractivity contribution is 0.590. The van der Waals surface area contributed by atoms with Crippen LogP contribution in [0.1, 0.15) is 52.7 Å². The number of para-hydroxylation sites is 2. The molecule has 5 heterocycles. The predicted molar refractivity (Wildman–Crippen MR) is 273 cm³/mol. The maximum Gasteiger partial charge on any atom is 0.198 e. The molecule has 13 rings (SSSR count). The second-order valence-electron chi connectivity index (χ2n) is 19.7. The molecule has 1 aliphatic heterocycles. The van der Waals surface area contributed by atoms with E-state index in [0.29, 0.717) is 0 Å². The van der Waals surface area contributed by atoms with Gasteiger partial charge in [-0.15, -0.1) is 11.3 Å². The Morgan fingerprint density at radius 2 is 1.31 bits per heavy atom. The maximum absolute atomic E-state index is 7.19. The summed E-state index contributed by atoms with van der Waals surface area (Å²) in [6.45, 7) is 13.7. The van der Waals surface area contributed by atoms with E-state index < -0.39 is 0 Å². The zero-order valence-electron chi connectivity index (χ0n) is 36.7. The molecule has 7 heteroatoms. The van der Waals surface area contributed by atoms with Crippen LogP contribution in [-0.2, 0) is 10.8 Å². The van der Waals surface area contributed by atoms with Gasteiger partial charge in [0.1, 0.15) is 27.3 Å². The van der Waals surface area contributed by atoms with Crippen molar-refractivity contribution in [2.75, 3.05) is 5.32 Å². The van der Waals surface area contributed by atoms with Crippen molar-refractivity contribution in [1.29, 1.82) is 0 Å². The van der Waals surface area contributed by atoms with Gasteiger partial charge in [-0.3, -0.25) is 0 Å². The first kappa shape index (κ1) is 37.5. The number of aromatic nitrogens is 2. The van der Waals surface area contributed by atoms with Crippen molar-refractivity contribution >= 4 is 117 Å². The number of nitrogens with zero attached hydrogens (tertiary/aromatic N) is 2. The SMILES string of the molecule is CC(C)(C)c1ccc(Nc2cc3oc4ccccc4c3cc2-c2c3c4c(c5cc(C(C)(C)C)ccc5n4-c4cc5sc(-c6ccccc6)nc5cc4B3)c3oc4ccccc4c23)cc1. The Kier molecular flexibility index (Phi) is 7.74. The molecular weight excluding hydrogens is 802 g/mol. The van der Waals surface area contributed by atoms with Crippen LogP contribution in [0.5, 0.6) is 0 Å². The Bertz CT molecular complexity index is 3910. The summed E-state index contributed by atoms with van der Waals surface area (Å²) in [4.78, 5) is 5.26. The quantitative estimate of drug-likeness (QED) is 0.179. The largest absolute Gasteiger partial charge is 0.456 e. The van der Waals surface area contributed by atoms with Crippen molar-refractivity contribution in [3.8, 4) is 27.4 Å². The normalized spacial score (nSPS) is 13.0. The first-order chi connectivity index (χ1) is 31.0. The summed E-state index contributed by atoms with van der Waals surface area (Å²) < 4.78 is 17.5. The van der Waals surface area contributed by atoms with Crippen LogP contribution in [0.2, 0.25) is 0 Å². The van der Waals surface area contributed by atoms with Crippen LogP contribution < -0.4 is 16.2 Å². The first-order valence-corrected chi connectivity index (χ1v) is 23.1. The molecule has 64 heavy (non-hydrogen) atoms. The third-order valence-electron chi connectivity index (χ3n) is 13.5. The van der Waals surface area contributed by atoms with Crippen molar-refractivity contribution in [3.05, 3.63) is 157 Å². The third kappa shape index (κ3) is 5.53. The minimum atomic E-state index is -0.0481. The zero-order valence-corrected chi connectivity index (χ0v) is 37.5. The molecule has 0 atom stereocenters. The van der Waals surface area contributed by atoms with Gasteiger partial charge in [-0.2, -0.15) is 0 Å². The number of anilines is 2. The minimum absolute atomic E-state index is 0.0402. The van der Waals surface area contributed by atoms with Gasteiger partial charge in [0.15, 0.2) is 7.28 Å². The number of benzene rings is 8. The fourth-order valence-electron chi connectivity index (χ4n) is 10.3. The summed E-state index contributed by atoms with van der Waals surface area (Å²) in [7, 11) is 0.719. The summed E-state index contributed by atoms with van der Waals surface area (Å²) >= 11 is 1.76. The molecule has 0 fully saturated rings. The topological polar surface area (TPSA) is 56.1 Å². The van der Waals surface area contributed by atoms with E-state index in [1.807, 2.05) is 6.07 Å². The number of fused-ring (bicyclic) bond motifs is 13. The fourth-order valence-corrected chi connectivity index (χ4v) is 11.3. The molecule has 1 N–H and O–H groups in total. The summed E-state index contributed by atoms with van der Waals surface area (Å²) in [5.74, 6) is 0. The van der Waals surface area contributed by atoms with E-state index in [0.717, 1.165) is 89.6 Å². The zero-order chi connectivity index (χ0) is 43.2. The first-order valence-electron chi connectivity index (χ1n) is 22.2. The Hall–Kier alpha value is -7.09. The maximum atomic E-state index is 7.19. The van der Waals surface area contributed by atoms with E-state index in [1.165, 1.54) is 54.4 Å². The van der Waals surface area contributed by atoms with Gasteiger partial charge in [-0.05, 0) is 87.6 Å². The number of hydrogen-bond acceptors (Lipinski definition) is 5. The lowest BCUT2D eigenvalue weighted by Gasteiger charge is -2.25. The highest BCUT2D eigenvalue weighted by atomic mass is 32.1. The van der Waals surface area contributed by atoms with Gasteiger partial charge in [-0.1, -0.05) is 132 Å². The lowest BCUT2D eigenvalue weighted by Crippen LogP contribution is -2.37. The van der Waals surface area contributed by atoms with Gasteiger partial charge in [0, 0.05) is 55.5 Å². The van der Waals surface area contributed by atoms with E-state index in [-0.39, 0.29) is 10.8 Å². The molecule has 8 aromatic carbocycles. The van der Waals surface area contributed by atoms with Gasteiger partial charge in [-0.25, -0.2) is 4.98 Å². The molecule has 5 nitrogen and oxygen atoms in total. The average Bonchev–Trinajstić information content (AvgIpc) is 4.06. The van der Waals surface area contributed by atoms with Crippen LogP contribution in [0.25, 0.3) is 103 Å². The molecule has 308 valence electrons. The Morgan fingerprint density at radius 1 is 0.609 bits per heavy atom. The Labute approximate surface area is 375 Å². The number of thiazole rings is 1. The second-order valence-corrected chi connectivity index (χ2v) is 20.7. The fraction of sp³-hybridized carbons (Fsp3) is 0.140. The Morgan fingerprint density at radius 3 is 2.08 bits per heavy atom. The highest BCUT2D eigenvalue weighted by molar-refractivity contribution is 7.21. The molecule has 0 saturated carbocycles. The monoisotopic (exact) mass is 845 g/mol. The van der Waals surface area contributed by atoms with Crippen molar-refractivity contribution in [1.82, 2.24) is 9.55 Å². The summed E-state index contributed by atoms with van der Waals surface area (Å²) in [6.07, 6.45) is 0. The van der Waals surface area contributed by atoms with E-state index in [9.17, 15) is 0 Å². The average molecular weight is 846 g/mol. The van der Waals surface area contributed by atoms with Gasteiger partial charge >= 0.3 is 0 Å². The smallest absolute Gasteiger partial charge is 0.198 e. The van der Waals surface area contributed by atoms with Crippen LogP contribution in [-0.4, -0.2) is 16.8 Å². The number of furan rings is 2. The van der Waals surface area contributed by atoms with Crippen LogP contribution in [0.3, 0.4) is 0 Å².